The van der Waals surface area contributed by atoms with E-state index in [9.17, 15) is 27.3 Å². The smallest absolute Gasteiger partial charge is 0.365 e. The zero-order valence-electron chi connectivity index (χ0n) is 21.1. The predicted octanol–water partition coefficient (Wildman–Crippen LogP) is 1.74. The van der Waals surface area contributed by atoms with Crippen LogP contribution in [-0.4, -0.2) is 48.2 Å². The highest BCUT2D eigenvalue weighted by Crippen LogP contribution is 2.20. The third-order valence-corrected chi connectivity index (χ3v) is 8.50. The van der Waals surface area contributed by atoms with E-state index >= 15 is 0 Å². The van der Waals surface area contributed by atoms with Crippen molar-refractivity contribution in [1.29, 1.82) is 0 Å². The minimum Gasteiger partial charge on any atom is -0.710 e. The van der Waals surface area contributed by atoms with Crippen LogP contribution >= 0.6 is 0 Å². The molecule has 4 aromatic rings. The minimum absolute atomic E-state index is 0.00338. The molecule has 39 heavy (non-hydrogen) atoms. The van der Waals surface area contributed by atoms with Crippen LogP contribution in [0.5, 0.6) is 0 Å². The summed E-state index contributed by atoms with van der Waals surface area (Å²) in [5.41, 5.74) is 2.22. The Labute approximate surface area is 226 Å². The first kappa shape index (κ1) is 28.2. The minimum atomic E-state index is -4.05. The number of fused-ring (bicyclic) bond motifs is 1. The number of hydrogen-bond acceptors (Lipinski definition) is 10. The number of aryl methyl sites for hydroxylation is 2. The highest BCUT2D eigenvalue weighted by molar-refractivity contribution is 7.87. The summed E-state index contributed by atoms with van der Waals surface area (Å²) in [5.74, 6) is 0. The van der Waals surface area contributed by atoms with Gasteiger partial charge in [0.15, 0.2) is 0 Å². The van der Waals surface area contributed by atoms with Gasteiger partial charge < -0.3 is 15.3 Å². The third-order valence-electron chi connectivity index (χ3n) is 5.85. The molecule has 0 radical (unpaired) electrons. The summed E-state index contributed by atoms with van der Waals surface area (Å²) >= 11 is 0. The fraction of sp³-hybridized carbons (Fsp3) is 0.240. The van der Waals surface area contributed by atoms with Crippen molar-refractivity contribution in [3.05, 3.63) is 94.6 Å². The SMILES string of the molecule is Cc1ccc(S(=O)(=O)OCCN(CCOS(=O)(=O)c2ccc(C)cc2)c2ccc3c(c2)[n+]([O-])nc[n+]3[O-])cc1. The summed E-state index contributed by atoms with van der Waals surface area (Å²) in [6, 6.07) is 16.7. The van der Waals surface area contributed by atoms with Gasteiger partial charge >= 0.3 is 11.8 Å². The molecule has 0 aliphatic heterocycles. The molecule has 0 saturated heterocycles. The fourth-order valence-electron chi connectivity index (χ4n) is 3.70. The molecule has 0 atom stereocenters. The van der Waals surface area contributed by atoms with Gasteiger partial charge in [-0.1, -0.05) is 35.4 Å². The quantitative estimate of drug-likeness (QED) is 0.147. The van der Waals surface area contributed by atoms with Gasteiger partial charge in [0.1, 0.15) is 0 Å². The second-order valence-corrected chi connectivity index (χ2v) is 11.9. The lowest BCUT2D eigenvalue weighted by Gasteiger charge is -2.24. The van der Waals surface area contributed by atoms with Gasteiger partial charge in [-0.15, -0.1) is 0 Å². The first-order chi connectivity index (χ1) is 18.5. The standard InChI is InChI=1S/C25H26N4O8S2/c1-19-3-8-22(9-4-19)38(32,33)36-15-13-27(14-16-37-39(34,35)23-10-5-20(2)6-11-23)21-7-12-24-25(17-21)29(31)26-18-28(24)30/h3-12,17-18H,13-16H2,1-2H3. The molecule has 0 N–H and O–H groups in total. The molecule has 0 spiro atoms. The fourth-order valence-corrected chi connectivity index (χ4v) is 5.50. The van der Waals surface area contributed by atoms with Crippen molar-refractivity contribution in [3.8, 4) is 0 Å². The lowest BCUT2D eigenvalue weighted by atomic mass is 10.2. The number of benzene rings is 3. The van der Waals surface area contributed by atoms with E-state index < -0.39 is 20.2 Å². The maximum atomic E-state index is 12.6. The second kappa shape index (κ2) is 11.5. The monoisotopic (exact) mass is 574 g/mol. The van der Waals surface area contributed by atoms with E-state index in [4.69, 9.17) is 8.37 Å². The molecule has 14 heteroatoms. The Morgan fingerprint density at radius 3 is 1.72 bits per heavy atom. The predicted molar refractivity (Wildman–Crippen MR) is 141 cm³/mol. The van der Waals surface area contributed by atoms with Crippen LogP contribution in [0.2, 0.25) is 0 Å². The third kappa shape index (κ3) is 6.78. The van der Waals surface area contributed by atoms with Crippen LogP contribution in [0.25, 0.3) is 11.0 Å². The zero-order chi connectivity index (χ0) is 28.2. The van der Waals surface area contributed by atoms with Gasteiger partial charge in [0, 0.05) is 24.8 Å². The number of nitrogens with zero attached hydrogens (tertiary/aromatic N) is 4. The van der Waals surface area contributed by atoms with E-state index in [2.05, 4.69) is 5.10 Å². The maximum absolute atomic E-state index is 12.6. The highest BCUT2D eigenvalue weighted by Gasteiger charge is 2.21. The molecule has 0 amide bonds. The van der Waals surface area contributed by atoms with Gasteiger partial charge in [0.2, 0.25) is 10.6 Å². The molecule has 206 valence electrons. The summed E-state index contributed by atoms with van der Waals surface area (Å²) in [5, 5.41) is 27.6. The number of aromatic nitrogens is 3. The van der Waals surface area contributed by atoms with Crippen molar-refractivity contribution in [2.75, 3.05) is 31.2 Å². The molecule has 0 fully saturated rings. The van der Waals surface area contributed by atoms with Crippen molar-refractivity contribution in [2.24, 2.45) is 0 Å². The molecule has 0 saturated carbocycles. The van der Waals surface area contributed by atoms with E-state index in [-0.39, 0.29) is 52.0 Å². The molecule has 0 unspecified atom stereocenters. The zero-order valence-corrected chi connectivity index (χ0v) is 22.8. The van der Waals surface area contributed by atoms with Crippen molar-refractivity contribution in [2.45, 2.75) is 23.6 Å². The van der Waals surface area contributed by atoms with Crippen molar-refractivity contribution < 1.29 is 34.8 Å². The van der Waals surface area contributed by atoms with Crippen LogP contribution < -0.4 is 14.5 Å². The van der Waals surface area contributed by atoms with E-state index in [1.165, 1.54) is 36.4 Å². The maximum Gasteiger partial charge on any atom is 0.365 e. The van der Waals surface area contributed by atoms with E-state index in [0.29, 0.717) is 10.4 Å². The molecule has 4 rings (SSSR count). The first-order valence-electron chi connectivity index (χ1n) is 11.8. The number of hydrogen-bond donors (Lipinski definition) is 0. The Morgan fingerprint density at radius 1 is 0.744 bits per heavy atom. The summed E-state index contributed by atoms with van der Waals surface area (Å²) in [6.07, 6.45) is 0.834. The molecule has 1 heterocycles. The van der Waals surface area contributed by atoms with Crippen LogP contribution in [0.3, 0.4) is 0 Å². The van der Waals surface area contributed by atoms with Crippen LogP contribution in [0, 0.1) is 24.3 Å². The van der Waals surface area contributed by atoms with E-state index in [0.717, 1.165) is 17.5 Å². The van der Waals surface area contributed by atoms with Gasteiger partial charge in [-0.3, -0.25) is 8.37 Å². The summed E-state index contributed by atoms with van der Waals surface area (Å²) in [7, 11) is -8.10. The van der Waals surface area contributed by atoms with Crippen molar-refractivity contribution in [1.82, 2.24) is 5.10 Å². The Balaban J connectivity index is 1.53. The molecule has 12 nitrogen and oxygen atoms in total. The summed E-state index contributed by atoms with van der Waals surface area (Å²) in [6.45, 7) is 3.06. The second-order valence-electron chi connectivity index (χ2n) is 8.67. The molecule has 3 aromatic carbocycles. The molecule has 0 aliphatic carbocycles. The lowest BCUT2D eigenvalue weighted by Crippen LogP contribution is -2.41. The number of rotatable bonds is 11. The topological polar surface area (TPSA) is 157 Å². The molecular formula is C25H26N4O8S2. The Hall–Kier alpha value is -3.85. The van der Waals surface area contributed by atoms with Gasteiger partial charge in [-0.25, -0.2) is 4.73 Å². The number of anilines is 1. The van der Waals surface area contributed by atoms with Crippen LogP contribution in [0.4, 0.5) is 5.69 Å². The molecule has 0 aliphatic rings. The first-order valence-corrected chi connectivity index (χ1v) is 14.6. The van der Waals surface area contributed by atoms with Gasteiger partial charge in [0.25, 0.3) is 20.2 Å². The average molecular weight is 575 g/mol. The van der Waals surface area contributed by atoms with Crippen LogP contribution in [-0.2, 0) is 28.6 Å². The van der Waals surface area contributed by atoms with Crippen molar-refractivity contribution >= 4 is 37.0 Å². The lowest BCUT2D eigenvalue weighted by molar-refractivity contribution is -0.680. The Bertz CT molecular complexity index is 1600. The van der Waals surface area contributed by atoms with Crippen LogP contribution in [0.15, 0.2) is 82.8 Å². The normalized spacial score (nSPS) is 12.1. The van der Waals surface area contributed by atoms with E-state index in [1.54, 1.807) is 35.2 Å². The molecular weight excluding hydrogens is 548 g/mol. The van der Waals surface area contributed by atoms with Crippen LogP contribution in [0.1, 0.15) is 11.1 Å². The van der Waals surface area contributed by atoms with Gasteiger partial charge in [-0.2, -0.15) is 16.8 Å². The van der Waals surface area contributed by atoms with Gasteiger partial charge in [-0.05, 0) is 50.2 Å². The Kier molecular flexibility index (Phi) is 8.30. The van der Waals surface area contributed by atoms with Gasteiger partial charge in [0.05, 0.1) is 27.8 Å². The van der Waals surface area contributed by atoms with E-state index in [1.807, 2.05) is 13.8 Å². The molecule has 1 aromatic heterocycles. The largest absolute Gasteiger partial charge is 0.710 e. The van der Waals surface area contributed by atoms with Crippen molar-refractivity contribution in [3.63, 3.8) is 0 Å². The molecule has 0 bridgehead atoms. The average Bonchev–Trinajstić information content (AvgIpc) is 2.90. The Morgan fingerprint density at radius 2 is 1.23 bits per heavy atom. The highest BCUT2D eigenvalue weighted by atomic mass is 32.2. The summed E-state index contributed by atoms with van der Waals surface area (Å²) in [4.78, 5) is 1.85. The summed E-state index contributed by atoms with van der Waals surface area (Å²) < 4.78 is 61.3.